The molecule has 6 nitrogen and oxygen atoms in total. The molecule has 0 aliphatic carbocycles. The Morgan fingerprint density at radius 3 is 2.44 bits per heavy atom. The van der Waals surface area contributed by atoms with E-state index in [1.54, 1.807) is 0 Å². The van der Waals surface area contributed by atoms with Crippen molar-refractivity contribution in [1.82, 2.24) is 14.8 Å². The second-order valence-corrected chi connectivity index (χ2v) is 8.49. The average Bonchev–Trinajstić information content (AvgIpc) is 3.18. The summed E-state index contributed by atoms with van der Waals surface area (Å²) in [6.45, 7) is 3.62. The molecular formula is C22H17ClF6N4O2S. The third-order valence-electron chi connectivity index (χ3n) is 4.53. The van der Waals surface area contributed by atoms with Crippen LogP contribution < -0.4 is 10.1 Å². The van der Waals surface area contributed by atoms with Gasteiger partial charge in [-0.1, -0.05) is 35.5 Å². The van der Waals surface area contributed by atoms with Crippen molar-refractivity contribution in [3.8, 4) is 5.75 Å². The number of halogens is 7. The van der Waals surface area contributed by atoms with Crippen LogP contribution in [0, 0.1) is 0 Å². The van der Waals surface area contributed by atoms with Crippen molar-refractivity contribution in [1.29, 1.82) is 0 Å². The zero-order valence-corrected chi connectivity index (χ0v) is 19.7. The van der Waals surface area contributed by atoms with Gasteiger partial charge in [0.1, 0.15) is 12.4 Å². The van der Waals surface area contributed by atoms with E-state index in [-0.39, 0.29) is 46.3 Å². The van der Waals surface area contributed by atoms with Crippen LogP contribution in [-0.4, -0.2) is 26.4 Å². The molecule has 0 aliphatic heterocycles. The number of nitrogens with zero attached hydrogens (tertiary/aromatic N) is 3. The van der Waals surface area contributed by atoms with Crippen LogP contribution in [0.25, 0.3) is 0 Å². The van der Waals surface area contributed by atoms with E-state index >= 15 is 0 Å². The molecular weight excluding hydrogens is 534 g/mol. The summed E-state index contributed by atoms with van der Waals surface area (Å²) in [4.78, 5) is 12.3. The summed E-state index contributed by atoms with van der Waals surface area (Å²) in [6.07, 6.45) is -7.61. The highest BCUT2D eigenvalue weighted by Crippen LogP contribution is 2.34. The van der Waals surface area contributed by atoms with Crippen molar-refractivity contribution in [3.63, 3.8) is 0 Å². The third kappa shape index (κ3) is 7.17. The van der Waals surface area contributed by atoms with E-state index in [4.69, 9.17) is 16.3 Å². The number of allylic oxidation sites excluding steroid dienone is 1. The van der Waals surface area contributed by atoms with Gasteiger partial charge in [-0.2, -0.15) is 26.3 Å². The number of aromatic nitrogens is 3. The van der Waals surface area contributed by atoms with Gasteiger partial charge in [0.25, 0.3) is 0 Å². The van der Waals surface area contributed by atoms with Crippen molar-refractivity contribution in [2.45, 2.75) is 30.7 Å². The summed E-state index contributed by atoms with van der Waals surface area (Å²) in [6, 6.07) is 6.91. The maximum Gasteiger partial charge on any atom is 0.416 e. The van der Waals surface area contributed by atoms with E-state index in [1.165, 1.54) is 22.8 Å². The molecule has 0 fully saturated rings. The van der Waals surface area contributed by atoms with Gasteiger partial charge in [0.15, 0.2) is 11.0 Å². The largest absolute Gasteiger partial charge is 0.486 e. The van der Waals surface area contributed by atoms with Gasteiger partial charge in [0.2, 0.25) is 5.91 Å². The predicted molar refractivity (Wildman–Crippen MR) is 122 cm³/mol. The molecule has 0 aliphatic rings. The predicted octanol–water partition coefficient (Wildman–Crippen LogP) is 6.46. The molecule has 0 spiro atoms. The summed E-state index contributed by atoms with van der Waals surface area (Å²) >= 11 is 6.83. The van der Waals surface area contributed by atoms with Gasteiger partial charge in [0.05, 0.1) is 27.6 Å². The van der Waals surface area contributed by atoms with E-state index < -0.39 is 29.4 Å². The number of anilines is 1. The molecule has 14 heteroatoms. The van der Waals surface area contributed by atoms with Crippen molar-refractivity contribution in [2.75, 3.05) is 11.1 Å². The van der Waals surface area contributed by atoms with Crippen molar-refractivity contribution < 1.29 is 35.9 Å². The number of nitrogens with one attached hydrogen (secondary N) is 1. The van der Waals surface area contributed by atoms with Gasteiger partial charge in [-0.25, -0.2) is 0 Å². The summed E-state index contributed by atoms with van der Waals surface area (Å²) in [7, 11) is 0. The lowest BCUT2D eigenvalue weighted by Gasteiger charge is -2.12. The fraction of sp³-hybridized carbons (Fsp3) is 0.227. The van der Waals surface area contributed by atoms with Gasteiger partial charge < -0.3 is 10.1 Å². The first-order chi connectivity index (χ1) is 16.9. The molecule has 0 bridgehead atoms. The maximum atomic E-state index is 12.9. The van der Waals surface area contributed by atoms with E-state index in [1.807, 2.05) is 0 Å². The lowest BCUT2D eigenvalue weighted by molar-refractivity contribution is -0.138. The molecule has 0 atom stereocenters. The van der Waals surface area contributed by atoms with Crippen LogP contribution in [0.3, 0.4) is 0 Å². The van der Waals surface area contributed by atoms with Crippen LogP contribution in [0.4, 0.5) is 32.0 Å². The number of carbonyl (C=O) groups is 1. The van der Waals surface area contributed by atoms with E-state index in [0.29, 0.717) is 0 Å². The molecule has 1 amide bonds. The van der Waals surface area contributed by atoms with Crippen LogP contribution in [-0.2, 0) is 30.3 Å². The Morgan fingerprint density at radius 1 is 1.08 bits per heavy atom. The molecule has 1 N–H and O–H groups in total. The molecule has 0 saturated carbocycles. The van der Waals surface area contributed by atoms with Crippen LogP contribution >= 0.6 is 23.4 Å². The van der Waals surface area contributed by atoms with Gasteiger partial charge in [-0.3, -0.25) is 9.36 Å². The molecule has 0 radical (unpaired) electrons. The first-order valence-corrected chi connectivity index (χ1v) is 11.4. The fourth-order valence-corrected chi connectivity index (χ4v) is 3.80. The highest BCUT2D eigenvalue weighted by atomic mass is 35.5. The number of alkyl halides is 6. The molecule has 36 heavy (non-hydrogen) atoms. The molecule has 3 aromatic rings. The first-order valence-electron chi connectivity index (χ1n) is 10.0. The van der Waals surface area contributed by atoms with Crippen LogP contribution in [0.15, 0.2) is 60.3 Å². The number of hydrogen-bond acceptors (Lipinski definition) is 5. The minimum absolute atomic E-state index is 0.0236. The SMILES string of the molecule is C=CCn1c(COc2cccc(C(F)(F)F)c2)nnc1SCC(=O)Nc1cc(C(F)(F)F)ccc1Cl. The molecule has 3 rings (SSSR count). The van der Waals surface area contributed by atoms with Gasteiger partial charge in [-0.05, 0) is 36.4 Å². The number of carbonyl (C=O) groups excluding carboxylic acids is 1. The normalized spacial score (nSPS) is 11.9. The minimum atomic E-state index is -4.60. The third-order valence-corrected chi connectivity index (χ3v) is 5.83. The quantitative estimate of drug-likeness (QED) is 0.188. The summed E-state index contributed by atoms with van der Waals surface area (Å²) in [5, 5.41) is 10.4. The molecule has 1 heterocycles. The van der Waals surface area contributed by atoms with Gasteiger partial charge in [-0.15, -0.1) is 16.8 Å². The molecule has 2 aromatic carbocycles. The Bertz CT molecular complexity index is 1250. The number of rotatable bonds is 9. The lowest BCUT2D eigenvalue weighted by Crippen LogP contribution is -2.16. The van der Waals surface area contributed by atoms with E-state index in [9.17, 15) is 31.1 Å². The topological polar surface area (TPSA) is 69.0 Å². The Balaban J connectivity index is 1.66. The van der Waals surface area contributed by atoms with Crippen molar-refractivity contribution in [2.24, 2.45) is 0 Å². The fourth-order valence-electron chi connectivity index (χ4n) is 2.87. The molecule has 192 valence electrons. The van der Waals surface area contributed by atoms with E-state index in [0.717, 1.165) is 42.1 Å². The van der Waals surface area contributed by atoms with E-state index in [2.05, 4.69) is 22.1 Å². The van der Waals surface area contributed by atoms with Gasteiger partial charge in [0, 0.05) is 6.54 Å². The molecule has 0 saturated heterocycles. The van der Waals surface area contributed by atoms with Gasteiger partial charge >= 0.3 is 12.4 Å². The van der Waals surface area contributed by atoms with Crippen molar-refractivity contribution >= 4 is 35.0 Å². The standard InChI is InChI=1S/C22H17ClF6N4O2S/c1-2-8-33-18(11-35-15-5-3-4-13(9-15)21(24,25)26)31-32-20(33)36-12-19(34)30-17-10-14(22(27,28)29)6-7-16(17)23/h2-7,9-10H,1,8,11-12H2,(H,30,34). The zero-order valence-electron chi connectivity index (χ0n) is 18.2. The minimum Gasteiger partial charge on any atom is -0.486 e. The number of hydrogen-bond donors (Lipinski definition) is 1. The van der Waals surface area contributed by atoms with Crippen LogP contribution in [0.2, 0.25) is 5.02 Å². The highest BCUT2D eigenvalue weighted by Gasteiger charge is 2.31. The second-order valence-electron chi connectivity index (χ2n) is 7.14. The Kier molecular flexibility index (Phi) is 8.56. The number of amides is 1. The summed E-state index contributed by atoms with van der Waals surface area (Å²) in [5.74, 6) is -0.645. The Hall–Kier alpha value is -3.19. The zero-order chi connectivity index (χ0) is 26.5. The molecule has 0 unspecified atom stereocenters. The maximum absolute atomic E-state index is 12.9. The monoisotopic (exact) mass is 550 g/mol. The second kappa shape index (κ2) is 11.2. The lowest BCUT2D eigenvalue weighted by atomic mass is 10.2. The van der Waals surface area contributed by atoms with Crippen LogP contribution in [0.1, 0.15) is 17.0 Å². The summed E-state index contributed by atoms with van der Waals surface area (Å²) in [5.41, 5.74) is -2.03. The Labute approximate surface area is 210 Å². The molecule has 1 aromatic heterocycles. The average molecular weight is 551 g/mol. The smallest absolute Gasteiger partial charge is 0.416 e. The summed E-state index contributed by atoms with van der Waals surface area (Å²) < 4.78 is 84.4. The van der Waals surface area contributed by atoms with Crippen LogP contribution in [0.5, 0.6) is 5.75 Å². The van der Waals surface area contributed by atoms with Crippen molar-refractivity contribution in [3.05, 3.63) is 77.1 Å². The highest BCUT2D eigenvalue weighted by molar-refractivity contribution is 7.99. The number of ether oxygens (including phenoxy) is 1. The first kappa shape index (κ1) is 27.4. The number of thioether (sulfide) groups is 1. The number of benzene rings is 2. The Morgan fingerprint density at radius 2 is 1.78 bits per heavy atom.